The summed E-state index contributed by atoms with van der Waals surface area (Å²) in [5.74, 6) is -1.09. The number of ether oxygens (including phenoxy) is 3. The number of anilines is 5. The number of aryl methyl sites for hydroxylation is 3. The first-order chi connectivity index (χ1) is 49.8. The average Bonchev–Trinajstić information content (AvgIpc) is 1.62. The first kappa shape index (κ1) is 85.0. The number of alkyl halides is 6. The number of nitrogens with one attached hydrogen (secondary N) is 3. The third-order valence-corrected chi connectivity index (χ3v) is 21.0. The zero-order valence-corrected chi connectivity index (χ0v) is 64.1. The lowest BCUT2D eigenvalue weighted by atomic mass is 9.97. The molecule has 3 fully saturated rings. The number of sulfone groups is 1. The van der Waals surface area contributed by atoms with Crippen molar-refractivity contribution in [3.8, 4) is 17.9 Å². The van der Waals surface area contributed by atoms with E-state index in [4.69, 9.17) is 36.3 Å². The molecule has 107 heavy (non-hydrogen) atoms. The number of imide groups is 1. The van der Waals surface area contributed by atoms with E-state index in [2.05, 4.69) is 42.4 Å². The minimum absolute atomic E-state index is 0.0208. The van der Waals surface area contributed by atoms with Gasteiger partial charge in [0, 0.05) is 51.6 Å². The number of rotatable bonds is 19. The Labute approximate surface area is 627 Å². The Kier molecular flexibility index (Phi) is 27.6. The first-order valence-electron chi connectivity index (χ1n) is 34.9. The van der Waals surface area contributed by atoms with Gasteiger partial charge in [-0.3, -0.25) is 14.4 Å². The number of urea groups is 1. The molecule has 4 heterocycles. The number of hydrogen-bond acceptors (Lipinski definition) is 15. The Bertz CT molecular complexity index is 4490. The second-order valence-electron chi connectivity index (χ2n) is 28.7. The highest BCUT2D eigenvalue weighted by Gasteiger charge is 2.55. The molecule has 5 N–H and O–H groups in total. The Morgan fingerprint density at radius 3 is 1.76 bits per heavy atom. The van der Waals surface area contributed by atoms with Crippen LogP contribution in [0, 0.1) is 50.4 Å². The van der Waals surface area contributed by atoms with E-state index in [1.165, 1.54) is 79.5 Å². The maximum atomic E-state index is 13.8. The first-order valence-corrected chi connectivity index (χ1v) is 36.9. The zero-order chi connectivity index (χ0) is 79.7. The smallest absolute Gasteiger partial charge is 0.417 e. The highest BCUT2D eigenvalue weighted by atomic mass is 35.5. The van der Waals surface area contributed by atoms with Gasteiger partial charge in [-0.25, -0.2) is 18.1 Å². The summed E-state index contributed by atoms with van der Waals surface area (Å²) in [7, 11) is -3.87. The van der Waals surface area contributed by atoms with Gasteiger partial charge >= 0.3 is 18.4 Å². The molecule has 0 saturated carbocycles. The predicted octanol–water partition coefficient (Wildman–Crippen LogP) is 16.5. The third-order valence-electron chi connectivity index (χ3n) is 18.4. The van der Waals surface area contributed by atoms with Gasteiger partial charge in [0.15, 0.2) is 27.1 Å². The van der Waals surface area contributed by atoms with Gasteiger partial charge in [-0.15, -0.1) is 0 Å². The van der Waals surface area contributed by atoms with Gasteiger partial charge in [0.2, 0.25) is 0 Å². The summed E-state index contributed by atoms with van der Waals surface area (Å²) in [5, 5.41) is 47.4. The number of aliphatic hydroxyl groups is 2. The number of benzene rings is 6. The number of hydrogen-bond donors (Lipinski definition) is 5. The average molecular weight is 1520 g/mol. The van der Waals surface area contributed by atoms with Crippen LogP contribution in [0.25, 0.3) is 5.57 Å². The molecule has 4 aliphatic rings. The molecule has 0 aliphatic carbocycles. The van der Waals surface area contributed by atoms with E-state index in [0.29, 0.717) is 75.5 Å². The lowest BCUT2D eigenvalue weighted by Gasteiger charge is -2.38. The second kappa shape index (κ2) is 34.7. The van der Waals surface area contributed by atoms with E-state index < -0.39 is 80.8 Å². The molecule has 2 unspecified atom stereocenters. The van der Waals surface area contributed by atoms with Crippen molar-refractivity contribution in [3.05, 3.63) is 189 Å². The van der Waals surface area contributed by atoms with Crippen molar-refractivity contribution in [3.63, 3.8) is 0 Å². The molecule has 6 aromatic rings. The van der Waals surface area contributed by atoms with Gasteiger partial charge < -0.3 is 50.2 Å². The topological polar surface area (TPSA) is 264 Å². The van der Waals surface area contributed by atoms with E-state index in [0.717, 1.165) is 28.3 Å². The summed E-state index contributed by atoms with van der Waals surface area (Å²) in [5.41, 5.74) is 3.56. The molecule has 3 saturated heterocycles. The quantitative estimate of drug-likeness (QED) is 0.0373. The molecule has 5 amide bonds. The minimum Gasteiger partial charge on any atom is -0.490 e. The summed E-state index contributed by atoms with van der Waals surface area (Å²) in [6, 6.07) is 33.5. The van der Waals surface area contributed by atoms with E-state index >= 15 is 0 Å². The fraction of sp³-hybridized carbons (Fsp3) is 0.425. The number of carbonyl (C=O) groups is 4. The van der Waals surface area contributed by atoms with Crippen molar-refractivity contribution in [1.29, 1.82) is 10.5 Å². The van der Waals surface area contributed by atoms with Crippen molar-refractivity contribution >= 4 is 79.2 Å². The van der Waals surface area contributed by atoms with Crippen LogP contribution < -0.4 is 30.5 Å². The minimum atomic E-state index is -4.62. The SMILES string of the molecule is C=C1C=C(C(F)(F)F)c2cc(N3C([C@@H](OC(C)C)C(F)(F)F)CC[C@@H]3C)ccc2N1.Cc1cc(NC(=O)C(C)(O)CS(=O)(=O)c2ccc(C(C)C)cc2)ccc1C#N.Cc1cc(NC(=O)[C@@](C)(O)COc2ccc(C(C)C)cc2)ccc1C#N.Cc1ccc(N2C(=O)[C@@H]3[C@H](OC(C)C)CCN3C2=O)c(C)c1Cl. The lowest BCUT2D eigenvalue weighted by molar-refractivity contribution is -0.235. The summed E-state index contributed by atoms with van der Waals surface area (Å²) in [4.78, 5) is 54.9. The molecule has 0 aromatic heterocycles. The van der Waals surface area contributed by atoms with E-state index in [1.54, 1.807) is 74.2 Å². The predicted molar refractivity (Wildman–Crippen MR) is 402 cm³/mol. The highest BCUT2D eigenvalue weighted by Crippen LogP contribution is 2.46. The monoisotopic (exact) mass is 1520 g/mol. The standard InChI is InChI=1S/C21H24F6N2O.C21H24N2O4S.C21H24N2O3.C17H21ClN2O3/c1-11(2)30-19(21(25,26)27)18-8-5-13(4)29(18)14-6-7-17-15(10-14)16(20(22,23)24)9-12(3)28-17;1-14(2)16-6-9-19(10-7-16)28(26,27)13-21(4,25)20(24)23-18-8-5-17(12-22)15(3)11-18;1-14(2)16-6-9-19(10-7-16)26-13-21(4,25)20(24)23-18-8-5-17(12-22)15(3)11-18;1-9(2)23-13-7-8-19-15(13)16(21)20(17(19)22)12-6-5-10(3)14(18)11(12)4/h6-7,9-11,13,18-19,28H,3,5,8H2,1-2,4H3;5-11,14,25H,13H2,1-4H3,(H,23,24);5-11,14,25H,13H2,1-4H3,(H,23,24);5-6,9,13,15H,7-8H2,1-4H3/t13-,18?,19+;;21-;13-,15+/m0.01/s1. The Hall–Kier alpha value is -9.28. The van der Waals surface area contributed by atoms with Crippen LogP contribution >= 0.6 is 11.6 Å². The van der Waals surface area contributed by atoms with E-state index in [9.17, 15) is 64.2 Å². The van der Waals surface area contributed by atoms with Crippen molar-refractivity contribution in [2.24, 2.45) is 0 Å². The molecular weight excluding hydrogens is 1430 g/mol. The van der Waals surface area contributed by atoms with Crippen LogP contribution in [0.1, 0.15) is 157 Å². The Balaban J connectivity index is 0.000000200. The number of fused-ring (bicyclic) bond motifs is 2. The molecule has 27 heteroatoms. The molecule has 574 valence electrons. The number of nitrogens with zero attached hydrogens (tertiary/aromatic N) is 5. The molecule has 4 aliphatic heterocycles. The van der Waals surface area contributed by atoms with Crippen LogP contribution in [0.15, 0.2) is 139 Å². The largest absolute Gasteiger partial charge is 0.490 e. The van der Waals surface area contributed by atoms with Gasteiger partial charge in [0.1, 0.15) is 18.4 Å². The van der Waals surface area contributed by atoms with Crippen LogP contribution in [-0.4, -0.2) is 132 Å². The third kappa shape index (κ3) is 21.1. The molecule has 0 radical (unpaired) electrons. The normalized spacial score (nSPS) is 18.4. The fourth-order valence-electron chi connectivity index (χ4n) is 12.6. The summed E-state index contributed by atoms with van der Waals surface area (Å²) >= 11 is 6.29. The highest BCUT2D eigenvalue weighted by molar-refractivity contribution is 7.91. The summed E-state index contributed by atoms with van der Waals surface area (Å²) in [6.45, 7) is 30.6. The van der Waals surface area contributed by atoms with Crippen LogP contribution in [0.2, 0.25) is 5.02 Å². The molecule has 0 spiro atoms. The summed E-state index contributed by atoms with van der Waals surface area (Å²) < 4.78 is 124. The molecule has 19 nitrogen and oxygen atoms in total. The van der Waals surface area contributed by atoms with Crippen LogP contribution in [0.4, 0.5) is 59.6 Å². The zero-order valence-electron chi connectivity index (χ0n) is 62.6. The molecule has 7 atom stereocenters. The Morgan fingerprint density at radius 1 is 0.720 bits per heavy atom. The van der Waals surface area contributed by atoms with Crippen molar-refractivity contribution in [2.75, 3.05) is 44.7 Å². The van der Waals surface area contributed by atoms with Gasteiger partial charge in [-0.05, 0) is 232 Å². The number of allylic oxidation sites excluding steroid dienone is 2. The number of carbonyl (C=O) groups excluding carboxylic acids is 4. The maximum absolute atomic E-state index is 13.8. The van der Waals surface area contributed by atoms with Crippen molar-refractivity contribution < 1.29 is 78.4 Å². The van der Waals surface area contributed by atoms with Crippen molar-refractivity contribution in [1.82, 2.24) is 4.90 Å². The number of amides is 5. The second-order valence-corrected chi connectivity index (χ2v) is 31.0. The summed E-state index contributed by atoms with van der Waals surface area (Å²) in [6.07, 6.45) is -9.81. The fourth-order valence-corrected chi connectivity index (χ4v) is 14.4. The maximum Gasteiger partial charge on any atom is 0.417 e. The molecule has 10 rings (SSSR count). The van der Waals surface area contributed by atoms with E-state index in [-0.39, 0.29) is 71.0 Å². The van der Waals surface area contributed by atoms with Gasteiger partial charge in [0.25, 0.3) is 17.7 Å². The van der Waals surface area contributed by atoms with E-state index in [1.807, 2.05) is 77.9 Å². The Morgan fingerprint density at radius 2 is 1.26 bits per heavy atom. The number of halogens is 7. The van der Waals surface area contributed by atoms with Gasteiger partial charge in [-0.1, -0.05) is 76.2 Å². The van der Waals surface area contributed by atoms with Crippen molar-refractivity contribution in [2.45, 2.75) is 206 Å². The molecular formula is C80H93ClF6N8O11S. The lowest BCUT2D eigenvalue weighted by Crippen LogP contribution is -2.51. The van der Waals surface area contributed by atoms with Gasteiger partial charge in [0.05, 0.1) is 69.5 Å². The van der Waals surface area contributed by atoms with Gasteiger partial charge in [-0.2, -0.15) is 36.9 Å². The van der Waals surface area contributed by atoms with Crippen LogP contribution in [0.5, 0.6) is 5.75 Å². The number of nitriles is 2. The molecule has 0 bridgehead atoms. The van der Waals surface area contributed by atoms with Crippen LogP contribution in [0.3, 0.4) is 0 Å². The van der Waals surface area contributed by atoms with Crippen LogP contribution in [-0.2, 0) is 33.7 Å². The molecule has 6 aromatic carbocycles.